The number of para-hydroxylation sites is 1. The van der Waals surface area contributed by atoms with Crippen LogP contribution in [0, 0.1) is 0 Å². The molecule has 0 aliphatic carbocycles. The first-order chi connectivity index (χ1) is 5.90. The topological polar surface area (TPSA) is 12.9 Å². The minimum atomic E-state index is 0. The first kappa shape index (κ1) is 11.0. The molecule has 4 heteroatoms. The first-order valence-corrected chi connectivity index (χ1v) is 5.68. The second-order valence-electron chi connectivity index (χ2n) is 2.38. The molecule has 0 bridgehead atoms. The number of halogens is 1. The van der Waals surface area contributed by atoms with E-state index in [0.717, 1.165) is 11.3 Å². The third-order valence-corrected chi connectivity index (χ3v) is 3.60. The van der Waals surface area contributed by atoms with Gasteiger partial charge in [0.1, 0.15) is 0 Å². The van der Waals surface area contributed by atoms with Gasteiger partial charge in [0, 0.05) is 0 Å². The van der Waals surface area contributed by atoms with E-state index in [0.29, 0.717) is 0 Å². The van der Waals surface area contributed by atoms with Crippen LogP contribution in [0.3, 0.4) is 0 Å². The van der Waals surface area contributed by atoms with Gasteiger partial charge in [-0.05, 0) is 17.9 Å². The van der Waals surface area contributed by atoms with Gasteiger partial charge in [-0.3, -0.25) is 0 Å². The zero-order valence-electron chi connectivity index (χ0n) is 7.19. The van der Waals surface area contributed by atoms with E-state index in [-0.39, 0.29) is 17.0 Å². The second kappa shape index (κ2) is 4.98. The Balaban J connectivity index is 0.000000845. The molecule has 0 saturated carbocycles. The van der Waals surface area contributed by atoms with E-state index in [9.17, 15) is 0 Å². The van der Waals surface area contributed by atoms with Crippen molar-refractivity contribution < 1.29 is 0 Å². The standard InChI is InChI=1S/C9H9NS2.BrH/c1-2-11-9-10-7-5-3-4-6-8(7)12-9;/h3-6H,2H2,1H3;1H. The van der Waals surface area contributed by atoms with Gasteiger partial charge in [-0.25, -0.2) is 4.98 Å². The molecule has 2 rings (SSSR count). The van der Waals surface area contributed by atoms with Crippen LogP contribution in [-0.2, 0) is 0 Å². The molecule has 0 unspecified atom stereocenters. The average molecular weight is 276 g/mol. The maximum absolute atomic E-state index is 4.48. The van der Waals surface area contributed by atoms with Gasteiger partial charge in [-0.1, -0.05) is 30.8 Å². The normalized spacial score (nSPS) is 9.92. The van der Waals surface area contributed by atoms with Gasteiger partial charge < -0.3 is 0 Å². The monoisotopic (exact) mass is 275 g/mol. The maximum Gasteiger partial charge on any atom is 0.151 e. The van der Waals surface area contributed by atoms with Crippen molar-refractivity contribution in [3.63, 3.8) is 0 Å². The van der Waals surface area contributed by atoms with Gasteiger partial charge in [0.25, 0.3) is 0 Å². The van der Waals surface area contributed by atoms with E-state index < -0.39 is 0 Å². The molecule has 1 aromatic carbocycles. The number of nitrogens with zero attached hydrogens (tertiary/aromatic N) is 1. The molecule has 70 valence electrons. The molecule has 0 spiro atoms. The molecule has 2 aromatic rings. The van der Waals surface area contributed by atoms with Crippen molar-refractivity contribution in [2.24, 2.45) is 0 Å². The average Bonchev–Trinajstić information content (AvgIpc) is 2.47. The third kappa shape index (κ3) is 2.45. The predicted octanol–water partition coefficient (Wildman–Crippen LogP) is 3.99. The molecular weight excluding hydrogens is 266 g/mol. The van der Waals surface area contributed by atoms with E-state index in [4.69, 9.17) is 0 Å². The molecular formula is C9H10BrNS2. The summed E-state index contributed by atoms with van der Waals surface area (Å²) in [6.07, 6.45) is 0. The minimum absolute atomic E-state index is 0. The molecule has 0 amide bonds. The lowest BCUT2D eigenvalue weighted by Crippen LogP contribution is -1.68. The van der Waals surface area contributed by atoms with Crippen molar-refractivity contribution in [2.45, 2.75) is 11.3 Å². The highest BCUT2D eigenvalue weighted by Gasteiger charge is 2.00. The first-order valence-electron chi connectivity index (χ1n) is 3.88. The SMILES string of the molecule is Br.CCSc1nc2ccccc2s1. The summed E-state index contributed by atoms with van der Waals surface area (Å²) in [5, 5.41) is 0. The van der Waals surface area contributed by atoms with Gasteiger partial charge >= 0.3 is 0 Å². The van der Waals surface area contributed by atoms with E-state index in [2.05, 4.69) is 30.1 Å². The molecule has 0 aliphatic rings. The highest BCUT2D eigenvalue weighted by atomic mass is 79.9. The van der Waals surface area contributed by atoms with Crippen molar-refractivity contribution in [1.82, 2.24) is 4.98 Å². The van der Waals surface area contributed by atoms with Crippen LogP contribution < -0.4 is 0 Å². The van der Waals surface area contributed by atoms with Gasteiger partial charge in [0.15, 0.2) is 4.34 Å². The largest absolute Gasteiger partial charge is 0.230 e. The molecule has 0 radical (unpaired) electrons. The van der Waals surface area contributed by atoms with Crippen LogP contribution >= 0.6 is 40.1 Å². The van der Waals surface area contributed by atoms with Crippen LogP contribution in [0.2, 0.25) is 0 Å². The molecule has 0 saturated heterocycles. The number of thioether (sulfide) groups is 1. The highest BCUT2D eigenvalue weighted by molar-refractivity contribution is 8.93. The summed E-state index contributed by atoms with van der Waals surface area (Å²) in [5.74, 6) is 1.10. The predicted molar refractivity (Wildman–Crippen MR) is 66.3 cm³/mol. The third-order valence-electron chi connectivity index (χ3n) is 1.54. The number of fused-ring (bicyclic) bond motifs is 1. The van der Waals surface area contributed by atoms with Gasteiger partial charge in [0.2, 0.25) is 0 Å². The van der Waals surface area contributed by atoms with Gasteiger partial charge in [0.05, 0.1) is 10.2 Å². The van der Waals surface area contributed by atoms with Crippen molar-refractivity contribution in [3.05, 3.63) is 24.3 Å². The lowest BCUT2D eigenvalue weighted by molar-refractivity contribution is 1.30. The summed E-state index contributed by atoms with van der Waals surface area (Å²) in [4.78, 5) is 4.48. The maximum atomic E-state index is 4.48. The zero-order chi connectivity index (χ0) is 8.39. The van der Waals surface area contributed by atoms with Crippen LogP contribution in [0.4, 0.5) is 0 Å². The number of benzene rings is 1. The highest BCUT2D eigenvalue weighted by Crippen LogP contribution is 2.28. The van der Waals surface area contributed by atoms with E-state index >= 15 is 0 Å². The van der Waals surface area contributed by atoms with E-state index in [1.54, 1.807) is 11.3 Å². The van der Waals surface area contributed by atoms with E-state index in [1.165, 1.54) is 9.04 Å². The minimum Gasteiger partial charge on any atom is -0.230 e. The Hall–Kier alpha value is -0.0600. The van der Waals surface area contributed by atoms with Crippen LogP contribution in [0.1, 0.15) is 6.92 Å². The number of aromatic nitrogens is 1. The smallest absolute Gasteiger partial charge is 0.151 e. The Bertz CT molecular complexity index is 353. The Morgan fingerprint density at radius 3 is 2.85 bits per heavy atom. The molecule has 0 fully saturated rings. The lowest BCUT2D eigenvalue weighted by Gasteiger charge is -1.84. The summed E-state index contributed by atoms with van der Waals surface area (Å²) in [6, 6.07) is 8.27. The summed E-state index contributed by atoms with van der Waals surface area (Å²) >= 11 is 3.58. The number of hydrogen-bond acceptors (Lipinski definition) is 3. The molecule has 13 heavy (non-hydrogen) atoms. The summed E-state index contributed by atoms with van der Waals surface area (Å²) < 4.78 is 2.46. The Labute approximate surface area is 96.3 Å². The van der Waals surface area contributed by atoms with Crippen molar-refractivity contribution in [3.8, 4) is 0 Å². The second-order valence-corrected chi connectivity index (χ2v) is 4.92. The summed E-state index contributed by atoms with van der Waals surface area (Å²) in [6.45, 7) is 2.15. The van der Waals surface area contributed by atoms with Crippen LogP contribution in [0.5, 0.6) is 0 Å². The fourth-order valence-electron chi connectivity index (χ4n) is 1.04. The summed E-state index contributed by atoms with van der Waals surface area (Å²) in [5.41, 5.74) is 1.12. The van der Waals surface area contributed by atoms with Crippen molar-refractivity contribution in [1.29, 1.82) is 0 Å². The fourth-order valence-corrected chi connectivity index (χ4v) is 3.00. The van der Waals surface area contributed by atoms with Crippen LogP contribution in [0.25, 0.3) is 10.2 Å². The van der Waals surface area contributed by atoms with Crippen molar-refractivity contribution in [2.75, 3.05) is 5.75 Å². The van der Waals surface area contributed by atoms with E-state index in [1.807, 2.05) is 17.8 Å². The Morgan fingerprint density at radius 1 is 1.38 bits per heavy atom. The number of rotatable bonds is 2. The number of thiazole rings is 1. The summed E-state index contributed by atoms with van der Waals surface area (Å²) in [7, 11) is 0. The molecule has 0 aliphatic heterocycles. The van der Waals surface area contributed by atoms with Crippen LogP contribution in [0.15, 0.2) is 28.6 Å². The molecule has 1 heterocycles. The zero-order valence-corrected chi connectivity index (χ0v) is 10.5. The molecule has 1 aromatic heterocycles. The molecule has 1 nitrogen and oxygen atoms in total. The molecule has 0 atom stereocenters. The quantitative estimate of drug-likeness (QED) is 0.769. The van der Waals surface area contributed by atoms with Gasteiger partial charge in [-0.15, -0.1) is 28.3 Å². The van der Waals surface area contributed by atoms with Gasteiger partial charge in [-0.2, -0.15) is 0 Å². The molecule has 0 N–H and O–H groups in total. The van der Waals surface area contributed by atoms with Crippen LogP contribution in [-0.4, -0.2) is 10.7 Å². The van der Waals surface area contributed by atoms with Crippen molar-refractivity contribution >= 4 is 50.3 Å². The fraction of sp³-hybridized carbons (Fsp3) is 0.222. The lowest BCUT2D eigenvalue weighted by atomic mass is 10.3. The number of hydrogen-bond donors (Lipinski definition) is 0. The Morgan fingerprint density at radius 2 is 2.15 bits per heavy atom. The Kier molecular flexibility index (Phi) is 4.22.